The Bertz CT molecular complexity index is 614. The predicted molar refractivity (Wildman–Crippen MR) is 74.9 cm³/mol. The van der Waals surface area contributed by atoms with Gasteiger partial charge in [0.05, 0.1) is 0 Å². The lowest BCUT2D eigenvalue weighted by Gasteiger charge is -2.19. The van der Waals surface area contributed by atoms with Crippen molar-refractivity contribution in [3.05, 3.63) is 34.6 Å². The van der Waals surface area contributed by atoms with Gasteiger partial charge >= 0.3 is 0 Å². The monoisotopic (exact) mass is 264 g/mol. The molecule has 18 heavy (non-hydrogen) atoms. The minimum Gasteiger partial charge on any atom is -0.239 e. The molecule has 2 heterocycles. The van der Waals surface area contributed by atoms with E-state index in [2.05, 4.69) is 16.5 Å². The van der Waals surface area contributed by atoms with E-state index in [9.17, 15) is 4.39 Å². The van der Waals surface area contributed by atoms with Crippen LogP contribution in [0.25, 0.3) is 10.2 Å². The standard InChI is InChI=1S/C14H17FN2S/c1-8(2)14(5,15)7-11-6-12-9(3)16-10(4)17-13(12)18-11/h6H,1,7H2,2-5H3. The third-order valence-corrected chi connectivity index (χ3v) is 4.17. The molecule has 0 spiro atoms. The van der Waals surface area contributed by atoms with Gasteiger partial charge in [-0.2, -0.15) is 0 Å². The number of hydrogen-bond donors (Lipinski definition) is 0. The third-order valence-electron chi connectivity index (χ3n) is 3.14. The molecular weight excluding hydrogens is 247 g/mol. The highest BCUT2D eigenvalue weighted by Gasteiger charge is 2.25. The van der Waals surface area contributed by atoms with Gasteiger partial charge in [0.2, 0.25) is 0 Å². The van der Waals surface area contributed by atoms with Gasteiger partial charge in [-0.05, 0) is 39.3 Å². The van der Waals surface area contributed by atoms with Gasteiger partial charge in [-0.15, -0.1) is 11.3 Å². The van der Waals surface area contributed by atoms with Crippen LogP contribution in [0.15, 0.2) is 18.2 Å². The third kappa shape index (κ3) is 2.43. The van der Waals surface area contributed by atoms with E-state index in [0.29, 0.717) is 12.0 Å². The van der Waals surface area contributed by atoms with Crippen LogP contribution in [0.4, 0.5) is 4.39 Å². The van der Waals surface area contributed by atoms with Crippen LogP contribution in [0.2, 0.25) is 0 Å². The van der Waals surface area contributed by atoms with Gasteiger partial charge in [-0.1, -0.05) is 6.58 Å². The second-order valence-corrected chi connectivity index (χ2v) is 6.06. The lowest BCUT2D eigenvalue weighted by molar-refractivity contribution is 0.241. The summed E-state index contributed by atoms with van der Waals surface area (Å²) < 4.78 is 14.3. The number of aryl methyl sites for hydroxylation is 2. The first-order valence-electron chi connectivity index (χ1n) is 5.88. The van der Waals surface area contributed by atoms with E-state index in [0.717, 1.165) is 26.6 Å². The lowest BCUT2D eigenvalue weighted by atomic mass is 9.96. The number of allylic oxidation sites excluding steroid dienone is 1. The summed E-state index contributed by atoms with van der Waals surface area (Å²) in [5.74, 6) is 0.760. The summed E-state index contributed by atoms with van der Waals surface area (Å²) in [7, 11) is 0. The van der Waals surface area contributed by atoms with Crippen LogP contribution in [-0.4, -0.2) is 15.6 Å². The Morgan fingerprint density at radius 1 is 1.44 bits per heavy atom. The maximum Gasteiger partial charge on any atom is 0.133 e. The zero-order valence-electron chi connectivity index (χ0n) is 11.2. The summed E-state index contributed by atoms with van der Waals surface area (Å²) in [5, 5.41) is 1.03. The molecule has 0 aromatic carbocycles. The Labute approximate surface area is 111 Å². The highest BCUT2D eigenvalue weighted by Crippen LogP contribution is 2.32. The van der Waals surface area contributed by atoms with Crippen LogP contribution in [0, 0.1) is 13.8 Å². The minimum absolute atomic E-state index is 0.349. The number of rotatable bonds is 3. The van der Waals surface area contributed by atoms with E-state index >= 15 is 0 Å². The summed E-state index contributed by atoms with van der Waals surface area (Å²) in [5.41, 5.74) is 0.145. The molecule has 4 heteroatoms. The molecule has 1 atom stereocenters. The summed E-state index contributed by atoms with van der Waals surface area (Å²) in [4.78, 5) is 10.7. The fourth-order valence-corrected chi connectivity index (χ4v) is 3.08. The van der Waals surface area contributed by atoms with E-state index in [-0.39, 0.29) is 0 Å². The van der Waals surface area contributed by atoms with Crippen LogP contribution in [0.1, 0.15) is 30.2 Å². The van der Waals surface area contributed by atoms with Crippen molar-refractivity contribution in [2.45, 2.75) is 39.8 Å². The van der Waals surface area contributed by atoms with E-state index in [1.54, 1.807) is 13.8 Å². The largest absolute Gasteiger partial charge is 0.239 e. The van der Waals surface area contributed by atoms with Gasteiger partial charge < -0.3 is 0 Å². The van der Waals surface area contributed by atoms with Crippen LogP contribution in [0.5, 0.6) is 0 Å². The van der Waals surface area contributed by atoms with Crippen molar-refractivity contribution in [3.8, 4) is 0 Å². The number of nitrogens with zero attached hydrogens (tertiary/aromatic N) is 2. The molecule has 0 fully saturated rings. The van der Waals surface area contributed by atoms with E-state index in [4.69, 9.17) is 0 Å². The minimum atomic E-state index is -1.36. The molecular formula is C14H17FN2S. The average molecular weight is 264 g/mol. The Kier molecular flexibility index (Phi) is 3.23. The molecule has 0 aliphatic carbocycles. The topological polar surface area (TPSA) is 25.8 Å². The molecule has 0 saturated carbocycles. The molecule has 0 aliphatic rings. The first-order chi connectivity index (χ1) is 8.29. The number of aromatic nitrogens is 2. The smallest absolute Gasteiger partial charge is 0.133 e. The second kappa shape index (κ2) is 4.43. The first-order valence-corrected chi connectivity index (χ1v) is 6.70. The van der Waals surface area contributed by atoms with Gasteiger partial charge in [0.1, 0.15) is 16.3 Å². The van der Waals surface area contributed by atoms with Crippen LogP contribution in [0.3, 0.4) is 0 Å². The zero-order chi connectivity index (χ0) is 13.5. The predicted octanol–water partition coefficient (Wildman–Crippen LogP) is 4.15. The molecule has 96 valence electrons. The van der Waals surface area contributed by atoms with Gasteiger partial charge in [0.25, 0.3) is 0 Å². The summed E-state index contributed by atoms with van der Waals surface area (Å²) in [6.45, 7) is 10.8. The second-order valence-electron chi connectivity index (χ2n) is 4.94. The average Bonchev–Trinajstić information content (AvgIpc) is 2.59. The number of hydrogen-bond acceptors (Lipinski definition) is 3. The number of fused-ring (bicyclic) bond motifs is 1. The van der Waals surface area contributed by atoms with Gasteiger partial charge in [-0.25, -0.2) is 14.4 Å². The van der Waals surface area contributed by atoms with Crippen LogP contribution >= 0.6 is 11.3 Å². The van der Waals surface area contributed by atoms with Gasteiger partial charge in [-0.3, -0.25) is 0 Å². The van der Waals surface area contributed by atoms with E-state index in [1.165, 1.54) is 11.3 Å². The van der Waals surface area contributed by atoms with Gasteiger partial charge in [0.15, 0.2) is 0 Å². The molecule has 2 aromatic rings. The Morgan fingerprint density at radius 3 is 2.72 bits per heavy atom. The Balaban J connectivity index is 2.42. The van der Waals surface area contributed by atoms with Crippen molar-refractivity contribution < 1.29 is 4.39 Å². The maximum atomic E-state index is 14.3. The van der Waals surface area contributed by atoms with Crippen molar-refractivity contribution in [3.63, 3.8) is 0 Å². The van der Waals surface area contributed by atoms with Crippen molar-refractivity contribution >= 4 is 21.6 Å². The Hall–Kier alpha value is -1.29. The highest BCUT2D eigenvalue weighted by atomic mass is 32.1. The van der Waals surface area contributed by atoms with E-state index < -0.39 is 5.67 Å². The number of halogens is 1. The first kappa shape index (κ1) is 13.1. The van der Waals surface area contributed by atoms with Crippen LogP contribution in [-0.2, 0) is 6.42 Å². The number of alkyl halides is 1. The summed E-state index contributed by atoms with van der Waals surface area (Å²) in [6.07, 6.45) is 0.349. The zero-order valence-corrected chi connectivity index (χ0v) is 12.0. The molecule has 0 amide bonds. The molecule has 0 saturated heterocycles. The SMILES string of the molecule is C=C(C)C(C)(F)Cc1cc2c(C)nc(C)nc2s1. The normalized spacial score (nSPS) is 14.7. The molecule has 1 unspecified atom stereocenters. The number of thiophene rings is 1. The summed E-state index contributed by atoms with van der Waals surface area (Å²) in [6, 6.07) is 2.00. The quantitative estimate of drug-likeness (QED) is 0.778. The van der Waals surface area contributed by atoms with Gasteiger partial charge in [0, 0.05) is 22.4 Å². The van der Waals surface area contributed by atoms with Crippen molar-refractivity contribution in [1.82, 2.24) is 9.97 Å². The fraction of sp³-hybridized carbons (Fsp3) is 0.429. The highest BCUT2D eigenvalue weighted by molar-refractivity contribution is 7.18. The van der Waals surface area contributed by atoms with E-state index in [1.807, 2.05) is 19.9 Å². The molecule has 2 rings (SSSR count). The van der Waals surface area contributed by atoms with Crippen molar-refractivity contribution in [1.29, 1.82) is 0 Å². The molecule has 0 N–H and O–H groups in total. The molecule has 2 nitrogen and oxygen atoms in total. The molecule has 0 radical (unpaired) electrons. The fourth-order valence-electron chi connectivity index (χ4n) is 1.81. The lowest BCUT2D eigenvalue weighted by Crippen LogP contribution is -2.21. The molecule has 0 aliphatic heterocycles. The van der Waals surface area contributed by atoms with Crippen molar-refractivity contribution in [2.75, 3.05) is 0 Å². The maximum absolute atomic E-state index is 14.3. The molecule has 2 aromatic heterocycles. The van der Waals surface area contributed by atoms with Crippen LogP contribution < -0.4 is 0 Å². The molecule has 0 bridgehead atoms. The summed E-state index contributed by atoms with van der Waals surface area (Å²) >= 11 is 1.54. The Morgan fingerprint density at radius 2 is 2.11 bits per heavy atom. The van der Waals surface area contributed by atoms with Crippen molar-refractivity contribution in [2.24, 2.45) is 0 Å².